The number of hydrogen-bond acceptors (Lipinski definition) is 2. The molecular weight excluding hydrogens is 200 g/mol. The summed E-state index contributed by atoms with van der Waals surface area (Å²) in [5, 5.41) is 0. The number of hydrogen-bond donors (Lipinski definition) is 0. The first-order valence-electron chi connectivity index (χ1n) is 6.04. The van der Waals surface area contributed by atoms with E-state index in [4.69, 9.17) is 9.47 Å². The van der Waals surface area contributed by atoms with Crippen LogP contribution in [0.2, 0.25) is 0 Å². The first-order valence-corrected chi connectivity index (χ1v) is 6.04. The van der Waals surface area contributed by atoms with Crippen LogP contribution in [0.4, 0.5) is 0 Å². The van der Waals surface area contributed by atoms with Gasteiger partial charge >= 0.3 is 0 Å². The van der Waals surface area contributed by atoms with E-state index in [0.29, 0.717) is 13.2 Å². The van der Waals surface area contributed by atoms with Gasteiger partial charge in [0.1, 0.15) is 0 Å². The van der Waals surface area contributed by atoms with Crippen molar-refractivity contribution in [2.45, 2.75) is 39.4 Å². The Morgan fingerprint density at radius 1 is 1.19 bits per heavy atom. The lowest BCUT2D eigenvalue weighted by Gasteiger charge is -2.29. The van der Waals surface area contributed by atoms with Gasteiger partial charge in [0.2, 0.25) is 0 Å². The van der Waals surface area contributed by atoms with Crippen molar-refractivity contribution in [1.29, 1.82) is 0 Å². The Morgan fingerprint density at radius 2 is 1.88 bits per heavy atom. The highest BCUT2D eigenvalue weighted by molar-refractivity contribution is 5.36. The van der Waals surface area contributed by atoms with Gasteiger partial charge in [-0.15, -0.1) is 0 Å². The number of benzene rings is 1. The van der Waals surface area contributed by atoms with Gasteiger partial charge in [0.25, 0.3) is 0 Å². The zero-order valence-corrected chi connectivity index (χ0v) is 10.4. The van der Waals surface area contributed by atoms with E-state index in [1.54, 1.807) is 0 Å². The fourth-order valence-electron chi connectivity index (χ4n) is 2.38. The van der Waals surface area contributed by atoms with Crippen LogP contribution in [0.1, 0.15) is 36.5 Å². The van der Waals surface area contributed by atoms with Crippen LogP contribution in [0.5, 0.6) is 0 Å². The molecule has 0 aromatic heterocycles. The maximum atomic E-state index is 5.88. The molecule has 2 rings (SSSR count). The van der Waals surface area contributed by atoms with Gasteiger partial charge in [0.05, 0.1) is 13.2 Å². The molecule has 2 nitrogen and oxygen atoms in total. The van der Waals surface area contributed by atoms with Crippen molar-refractivity contribution in [2.75, 3.05) is 13.2 Å². The number of aryl methyl sites for hydroxylation is 1. The van der Waals surface area contributed by atoms with Crippen molar-refractivity contribution in [1.82, 2.24) is 0 Å². The quantitative estimate of drug-likeness (QED) is 0.778. The lowest BCUT2D eigenvalue weighted by atomic mass is 9.94. The second-order valence-corrected chi connectivity index (χ2v) is 4.45. The zero-order valence-electron chi connectivity index (χ0n) is 10.4. The minimum atomic E-state index is -0.481. The lowest BCUT2D eigenvalue weighted by molar-refractivity contribution is -0.171. The standard InChI is InChI=1S/C14H20O2/c1-4-8-14(15-9-10-16-14)13-7-5-6-11(2)12(13)3/h5-7H,4,8-10H2,1-3H3. The molecule has 1 aliphatic rings. The van der Waals surface area contributed by atoms with E-state index < -0.39 is 5.79 Å². The summed E-state index contributed by atoms with van der Waals surface area (Å²) in [6, 6.07) is 6.34. The summed E-state index contributed by atoms with van der Waals surface area (Å²) < 4.78 is 11.8. The zero-order chi connectivity index (χ0) is 11.6. The molecule has 0 unspecified atom stereocenters. The minimum Gasteiger partial charge on any atom is -0.343 e. The molecule has 1 saturated heterocycles. The van der Waals surface area contributed by atoms with Gasteiger partial charge in [-0.25, -0.2) is 0 Å². The summed E-state index contributed by atoms with van der Waals surface area (Å²) >= 11 is 0. The Hall–Kier alpha value is -0.860. The molecule has 0 amide bonds. The van der Waals surface area contributed by atoms with Gasteiger partial charge in [-0.2, -0.15) is 0 Å². The maximum absolute atomic E-state index is 5.88. The van der Waals surface area contributed by atoms with E-state index in [2.05, 4.69) is 39.0 Å². The molecule has 1 heterocycles. The highest BCUT2D eigenvalue weighted by atomic mass is 16.7. The first-order chi connectivity index (χ1) is 7.69. The molecule has 0 spiro atoms. The van der Waals surface area contributed by atoms with Crippen molar-refractivity contribution in [3.05, 3.63) is 34.9 Å². The fourth-order valence-corrected chi connectivity index (χ4v) is 2.38. The average molecular weight is 220 g/mol. The molecule has 1 aliphatic heterocycles. The van der Waals surface area contributed by atoms with Gasteiger partial charge in [-0.05, 0) is 25.0 Å². The Kier molecular flexibility index (Phi) is 3.31. The van der Waals surface area contributed by atoms with Gasteiger partial charge in [0.15, 0.2) is 5.79 Å². The molecule has 0 aliphatic carbocycles. The SMILES string of the molecule is CCCC1(c2cccc(C)c2C)OCCO1. The molecule has 0 saturated carbocycles. The molecule has 0 bridgehead atoms. The van der Waals surface area contributed by atoms with Crippen molar-refractivity contribution < 1.29 is 9.47 Å². The van der Waals surface area contributed by atoms with E-state index >= 15 is 0 Å². The van der Waals surface area contributed by atoms with Gasteiger partial charge in [-0.1, -0.05) is 31.5 Å². The topological polar surface area (TPSA) is 18.5 Å². The second-order valence-electron chi connectivity index (χ2n) is 4.45. The lowest BCUT2D eigenvalue weighted by Crippen LogP contribution is -2.28. The van der Waals surface area contributed by atoms with Gasteiger partial charge in [-0.3, -0.25) is 0 Å². The van der Waals surface area contributed by atoms with E-state index in [1.165, 1.54) is 16.7 Å². The van der Waals surface area contributed by atoms with E-state index in [-0.39, 0.29) is 0 Å². The highest BCUT2D eigenvalue weighted by Gasteiger charge is 2.38. The van der Waals surface area contributed by atoms with Crippen molar-refractivity contribution in [3.8, 4) is 0 Å². The number of ether oxygens (including phenoxy) is 2. The Bertz CT molecular complexity index is 365. The van der Waals surface area contributed by atoms with Crippen molar-refractivity contribution in [3.63, 3.8) is 0 Å². The maximum Gasteiger partial charge on any atom is 0.195 e. The monoisotopic (exact) mass is 220 g/mol. The molecule has 1 aromatic rings. The van der Waals surface area contributed by atoms with Crippen LogP contribution in [0.15, 0.2) is 18.2 Å². The van der Waals surface area contributed by atoms with Gasteiger partial charge in [0, 0.05) is 12.0 Å². The minimum absolute atomic E-state index is 0.481. The highest BCUT2D eigenvalue weighted by Crippen LogP contribution is 2.38. The summed E-state index contributed by atoms with van der Waals surface area (Å²) in [5.41, 5.74) is 3.79. The average Bonchev–Trinajstić information content (AvgIpc) is 2.72. The Balaban J connectivity index is 2.42. The summed E-state index contributed by atoms with van der Waals surface area (Å²) in [6.07, 6.45) is 1.99. The number of rotatable bonds is 3. The van der Waals surface area contributed by atoms with Crippen molar-refractivity contribution >= 4 is 0 Å². The molecule has 1 aromatic carbocycles. The summed E-state index contributed by atoms with van der Waals surface area (Å²) in [6.45, 7) is 7.85. The normalized spacial score (nSPS) is 18.9. The molecular formula is C14H20O2. The van der Waals surface area contributed by atoms with Crippen molar-refractivity contribution in [2.24, 2.45) is 0 Å². The van der Waals surface area contributed by atoms with Crippen LogP contribution in [0.3, 0.4) is 0 Å². The Morgan fingerprint density at radius 3 is 2.50 bits per heavy atom. The van der Waals surface area contributed by atoms with E-state index in [9.17, 15) is 0 Å². The third-order valence-electron chi connectivity index (χ3n) is 3.35. The van der Waals surface area contributed by atoms with Crippen LogP contribution in [-0.4, -0.2) is 13.2 Å². The third-order valence-corrected chi connectivity index (χ3v) is 3.35. The molecule has 1 fully saturated rings. The second kappa shape index (κ2) is 4.56. The largest absolute Gasteiger partial charge is 0.343 e. The Labute approximate surface area is 97.6 Å². The summed E-state index contributed by atoms with van der Waals surface area (Å²) in [5.74, 6) is -0.481. The summed E-state index contributed by atoms with van der Waals surface area (Å²) in [4.78, 5) is 0. The molecule has 0 N–H and O–H groups in total. The van der Waals surface area contributed by atoms with E-state index in [1.807, 2.05) is 0 Å². The fraction of sp³-hybridized carbons (Fsp3) is 0.571. The van der Waals surface area contributed by atoms with E-state index in [0.717, 1.165) is 12.8 Å². The van der Waals surface area contributed by atoms with Crippen LogP contribution in [0, 0.1) is 13.8 Å². The molecule has 16 heavy (non-hydrogen) atoms. The molecule has 0 radical (unpaired) electrons. The van der Waals surface area contributed by atoms with Crippen LogP contribution in [-0.2, 0) is 15.3 Å². The molecule has 2 heteroatoms. The molecule has 88 valence electrons. The van der Waals surface area contributed by atoms with Gasteiger partial charge < -0.3 is 9.47 Å². The predicted molar refractivity (Wildman–Crippen MR) is 64.4 cm³/mol. The summed E-state index contributed by atoms with van der Waals surface area (Å²) in [7, 11) is 0. The third kappa shape index (κ3) is 1.87. The van der Waals surface area contributed by atoms with Crippen LogP contribution < -0.4 is 0 Å². The predicted octanol–water partition coefficient (Wildman–Crippen LogP) is 3.30. The van der Waals surface area contributed by atoms with Crippen LogP contribution in [0.25, 0.3) is 0 Å². The smallest absolute Gasteiger partial charge is 0.195 e. The first kappa shape index (κ1) is 11.6. The molecule has 0 atom stereocenters. The van der Waals surface area contributed by atoms with Crippen LogP contribution >= 0.6 is 0 Å².